The first-order valence-electron chi connectivity index (χ1n) is 6.13. The van der Waals surface area contributed by atoms with Crippen molar-refractivity contribution in [3.05, 3.63) is 0 Å². The zero-order chi connectivity index (χ0) is 12.4. The predicted molar refractivity (Wildman–Crippen MR) is 63.6 cm³/mol. The summed E-state index contributed by atoms with van der Waals surface area (Å²) < 4.78 is 0. The van der Waals surface area contributed by atoms with Crippen LogP contribution in [0.3, 0.4) is 0 Å². The number of urea groups is 1. The average Bonchev–Trinajstić information content (AvgIpc) is 2.70. The molecule has 0 aromatic heterocycles. The van der Waals surface area contributed by atoms with Gasteiger partial charge in [0.1, 0.15) is 0 Å². The summed E-state index contributed by atoms with van der Waals surface area (Å²) in [6.45, 7) is 7.33. The molecule has 3 amide bonds. The molecule has 0 aliphatic carbocycles. The molecule has 2 aliphatic heterocycles. The van der Waals surface area contributed by atoms with E-state index >= 15 is 0 Å². The summed E-state index contributed by atoms with van der Waals surface area (Å²) in [4.78, 5) is 26.8. The van der Waals surface area contributed by atoms with E-state index in [0.717, 1.165) is 13.1 Å². The zero-order valence-electron chi connectivity index (χ0n) is 10.4. The van der Waals surface area contributed by atoms with E-state index in [9.17, 15) is 9.59 Å². The molecule has 0 aromatic carbocycles. The second-order valence-electron chi connectivity index (χ2n) is 4.87. The SMILES string of the molecule is CC1CN(CC(=O)N2CCNC2=O)C(C)CN1. The van der Waals surface area contributed by atoms with Gasteiger partial charge < -0.3 is 10.6 Å². The Balaban J connectivity index is 1.91. The van der Waals surface area contributed by atoms with Crippen LogP contribution in [0.1, 0.15) is 13.8 Å². The number of piperazine rings is 1. The van der Waals surface area contributed by atoms with Gasteiger partial charge in [-0.05, 0) is 13.8 Å². The van der Waals surface area contributed by atoms with Crippen molar-refractivity contribution in [1.82, 2.24) is 20.4 Å². The summed E-state index contributed by atoms with van der Waals surface area (Å²) in [6.07, 6.45) is 0. The Morgan fingerprint density at radius 2 is 2.24 bits per heavy atom. The normalized spacial score (nSPS) is 30.5. The van der Waals surface area contributed by atoms with Gasteiger partial charge >= 0.3 is 6.03 Å². The molecule has 96 valence electrons. The number of rotatable bonds is 2. The van der Waals surface area contributed by atoms with E-state index in [4.69, 9.17) is 0 Å². The van der Waals surface area contributed by atoms with Gasteiger partial charge in [-0.2, -0.15) is 0 Å². The third-order valence-electron chi connectivity index (χ3n) is 3.39. The van der Waals surface area contributed by atoms with Crippen molar-refractivity contribution in [3.8, 4) is 0 Å². The molecule has 0 radical (unpaired) electrons. The topological polar surface area (TPSA) is 64.7 Å². The fraction of sp³-hybridized carbons (Fsp3) is 0.818. The van der Waals surface area contributed by atoms with Crippen molar-refractivity contribution in [3.63, 3.8) is 0 Å². The van der Waals surface area contributed by atoms with Crippen molar-refractivity contribution in [2.75, 3.05) is 32.7 Å². The molecule has 0 saturated carbocycles. The molecule has 2 saturated heterocycles. The first-order valence-corrected chi connectivity index (χ1v) is 6.13. The standard InChI is InChI=1S/C11H20N4O2/c1-8-6-14(9(2)5-13-8)7-10(16)15-4-3-12-11(15)17/h8-9,13H,3-7H2,1-2H3,(H,12,17). The van der Waals surface area contributed by atoms with Crippen molar-refractivity contribution in [2.24, 2.45) is 0 Å². The highest BCUT2D eigenvalue weighted by atomic mass is 16.2. The van der Waals surface area contributed by atoms with E-state index in [-0.39, 0.29) is 11.9 Å². The number of amides is 3. The maximum absolute atomic E-state index is 12.0. The molecule has 0 aromatic rings. The molecule has 0 spiro atoms. The fourth-order valence-electron chi connectivity index (χ4n) is 2.29. The first kappa shape index (κ1) is 12.3. The zero-order valence-corrected chi connectivity index (χ0v) is 10.4. The number of imide groups is 1. The smallest absolute Gasteiger partial charge is 0.324 e. The van der Waals surface area contributed by atoms with E-state index in [0.29, 0.717) is 31.7 Å². The van der Waals surface area contributed by atoms with E-state index in [1.54, 1.807) is 0 Å². The van der Waals surface area contributed by atoms with Gasteiger partial charge in [0.15, 0.2) is 0 Å². The van der Waals surface area contributed by atoms with Gasteiger partial charge in [0.2, 0.25) is 5.91 Å². The number of carbonyl (C=O) groups is 2. The Morgan fingerprint density at radius 3 is 2.88 bits per heavy atom. The number of hydrogen-bond donors (Lipinski definition) is 2. The molecule has 2 atom stereocenters. The van der Waals surface area contributed by atoms with Crippen LogP contribution in [0.2, 0.25) is 0 Å². The average molecular weight is 240 g/mol. The van der Waals surface area contributed by atoms with Gasteiger partial charge in [-0.15, -0.1) is 0 Å². The van der Waals surface area contributed by atoms with Crippen LogP contribution in [0.5, 0.6) is 0 Å². The van der Waals surface area contributed by atoms with Crippen LogP contribution < -0.4 is 10.6 Å². The maximum atomic E-state index is 12.0. The third-order valence-corrected chi connectivity index (χ3v) is 3.39. The number of nitrogens with one attached hydrogen (secondary N) is 2. The Morgan fingerprint density at radius 1 is 1.47 bits per heavy atom. The lowest BCUT2D eigenvalue weighted by molar-refractivity contribution is -0.129. The molecular formula is C11H20N4O2. The first-order chi connectivity index (χ1) is 8.08. The van der Waals surface area contributed by atoms with Crippen LogP contribution in [0, 0.1) is 0 Å². The summed E-state index contributed by atoms with van der Waals surface area (Å²) in [6, 6.07) is 0.470. The molecule has 6 nitrogen and oxygen atoms in total. The van der Waals surface area contributed by atoms with Gasteiger partial charge in [0, 0.05) is 38.3 Å². The lowest BCUT2D eigenvalue weighted by atomic mass is 10.1. The quantitative estimate of drug-likeness (QED) is 0.664. The Hall–Kier alpha value is -1.14. The van der Waals surface area contributed by atoms with Crippen LogP contribution in [0.4, 0.5) is 4.79 Å². The highest BCUT2D eigenvalue weighted by Crippen LogP contribution is 2.08. The molecule has 0 bridgehead atoms. The second kappa shape index (κ2) is 5.01. The molecule has 2 aliphatic rings. The molecule has 2 rings (SSSR count). The third kappa shape index (κ3) is 2.76. The lowest BCUT2D eigenvalue weighted by Crippen LogP contribution is -2.56. The largest absolute Gasteiger partial charge is 0.336 e. The van der Waals surface area contributed by atoms with Gasteiger partial charge in [0.25, 0.3) is 0 Å². The van der Waals surface area contributed by atoms with Crippen LogP contribution >= 0.6 is 0 Å². The monoisotopic (exact) mass is 240 g/mol. The number of nitrogens with zero attached hydrogens (tertiary/aromatic N) is 2. The maximum Gasteiger partial charge on any atom is 0.324 e. The van der Waals surface area contributed by atoms with Crippen molar-refractivity contribution >= 4 is 11.9 Å². The summed E-state index contributed by atoms with van der Waals surface area (Å²) in [5.74, 6) is -0.0963. The van der Waals surface area contributed by atoms with E-state index in [2.05, 4.69) is 29.4 Å². The minimum atomic E-state index is -0.258. The van der Waals surface area contributed by atoms with Crippen molar-refractivity contribution in [2.45, 2.75) is 25.9 Å². The summed E-state index contributed by atoms with van der Waals surface area (Å²) in [5.41, 5.74) is 0. The van der Waals surface area contributed by atoms with Gasteiger partial charge in [-0.1, -0.05) is 0 Å². The summed E-state index contributed by atoms with van der Waals surface area (Å²) in [7, 11) is 0. The molecule has 2 heterocycles. The highest BCUT2D eigenvalue weighted by Gasteiger charge is 2.30. The van der Waals surface area contributed by atoms with E-state index in [1.165, 1.54) is 4.90 Å². The van der Waals surface area contributed by atoms with Crippen LogP contribution in [-0.4, -0.2) is 66.5 Å². The predicted octanol–water partition coefficient (Wildman–Crippen LogP) is -0.780. The van der Waals surface area contributed by atoms with Gasteiger partial charge in [-0.3, -0.25) is 14.6 Å². The van der Waals surface area contributed by atoms with Crippen LogP contribution in [0.15, 0.2) is 0 Å². The summed E-state index contributed by atoms with van der Waals surface area (Å²) in [5, 5.41) is 6.01. The van der Waals surface area contributed by atoms with E-state index < -0.39 is 0 Å². The van der Waals surface area contributed by atoms with E-state index in [1.807, 2.05) is 0 Å². The molecule has 2 unspecified atom stereocenters. The lowest BCUT2D eigenvalue weighted by Gasteiger charge is -2.37. The summed E-state index contributed by atoms with van der Waals surface area (Å²) >= 11 is 0. The fourth-order valence-corrected chi connectivity index (χ4v) is 2.29. The molecular weight excluding hydrogens is 220 g/mol. The van der Waals surface area contributed by atoms with Crippen molar-refractivity contribution < 1.29 is 9.59 Å². The molecule has 2 N–H and O–H groups in total. The van der Waals surface area contributed by atoms with Gasteiger partial charge in [-0.25, -0.2) is 4.79 Å². The second-order valence-corrected chi connectivity index (χ2v) is 4.87. The number of carbonyl (C=O) groups excluding carboxylic acids is 2. The Kier molecular flexibility index (Phi) is 3.63. The van der Waals surface area contributed by atoms with Gasteiger partial charge in [0.05, 0.1) is 6.54 Å². The number of hydrogen-bond acceptors (Lipinski definition) is 4. The highest BCUT2D eigenvalue weighted by molar-refractivity contribution is 5.96. The Labute approximate surface area is 101 Å². The minimum Gasteiger partial charge on any atom is -0.336 e. The Bertz CT molecular complexity index is 321. The molecule has 6 heteroatoms. The van der Waals surface area contributed by atoms with Crippen LogP contribution in [0.25, 0.3) is 0 Å². The van der Waals surface area contributed by atoms with Crippen LogP contribution in [-0.2, 0) is 4.79 Å². The van der Waals surface area contributed by atoms with Crippen molar-refractivity contribution in [1.29, 1.82) is 0 Å². The molecule has 2 fully saturated rings. The molecule has 17 heavy (non-hydrogen) atoms. The minimum absolute atomic E-state index is 0.0963.